The van der Waals surface area contributed by atoms with Gasteiger partial charge >= 0.3 is 0 Å². The van der Waals surface area contributed by atoms with Gasteiger partial charge in [-0.05, 0) is 55.8 Å². The molecule has 0 fully saturated rings. The van der Waals surface area contributed by atoms with Crippen LogP contribution in [0.2, 0.25) is 5.02 Å². The van der Waals surface area contributed by atoms with Gasteiger partial charge in [-0.3, -0.25) is 4.79 Å². The summed E-state index contributed by atoms with van der Waals surface area (Å²) in [5, 5.41) is 3.66. The second kappa shape index (κ2) is 9.60. The third kappa shape index (κ3) is 6.85. The van der Waals surface area contributed by atoms with Crippen molar-refractivity contribution in [1.29, 1.82) is 0 Å². The van der Waals surface area contributed by atoms with Crippen LogP contribution in [0, 0.1) is 0 Å². The Hall–Kier alpha value is -1.65. The summed E-state index contributed by atoms with van der Waals surface area (Å²) in [6, 6.07) is 15.4. The Morgan fingerprint density at radius 2 is 1.79 bits per heavy atom. The van der Waals surface area contributed by atoms with E-state index in [-0.39, 0.29) is 12.0 Å². The van der Waals surface area contributed by atoms with E-state index < -0.39 is 0 Å². The first-order valence-electron chi connectivity index (χ1n) is 7.93. The predicted molar refractivity (Wildman–Crippen MR) is 101 cm³/mol. The largest absolute Gasteiger partial charge is 0.491 e. The van der Waals surface area contributed by atoms with Crippen molar-refractivity contribution >= 4 is 29.3 Å². The van der Waals surface area contributed by atoms with Gasteiger partial charge in [-0.2, -0.15) is 0 Å². The summed E-state index contributed by atoms with van der Waals surface area (Å²) in [5.41, 5.74) is 1.06. The molecule has 2 rings (SSSR count). The Morgan fingerprint density at radius 1 is 1.12 bits per heavy atom. The fraction of sp³-hybridized carbons (Fsp3) is 0.316. The molecule has 0 saturated heterocycles. The molecule has 0 aliphatic carbocycles. The van der Waals surface area contributed by atoms with Crippen molar-refractivity contribution in [2.45, 2.75) is 37.8 Å². The standard InChI is InChI=1S/C19H22ClNO2S/c1-14(2)23-17-7-3-15(4-8-17)13-21-19(22)11-12-24-18-9-5-16(20)6-10-18/h3-10,14H,11-13H2,1-2H3,(H,21,22). The molecule has 2 aromatic rings. The zero-order valence-corrected chi connectivity index (χ0v) is 15.5. The van der Waals surface area contributed by atoms with Crippen LogP contribution in [-0.2, 0) is 11.3 Å². The number of carbonyl (C=O) groups is 1. The van der Waals surface area contributed by atoms with Crippen LogP contribution in [0.15, 0.2) is 53.4 Å². The molecule has 1 N–H and O–H groups in total. The van der Waals surface area contributed by atoms with Crippen molar-refractivity contribution in [3.8, 4) is 5.75 Å². The average molecular weight is 364 g/mol. The highest BCUT2D eigenvalue weighted by Gasteiger charge is 2.03. The Morgan fingerprint density at radius 3 is 2.42 bits per heavy atom. The van der Waals surface area contributed by atoms with E-state index in [4.69, 9.17) is 16.3 Å². The summed E-state index contributed by atoms with van der Waals surface area (Å²) in [5.74, 6) is 1.65. The Kier molecular flexibility index (Phi) is 7.47. The topological polar surface area (TPSA) is 38.3 Å². The van der Waals surface area contributed by atoms with Crippen molar-refractivity contribution in [2.75, 3.05) is 5.75 Å². The smallest absolute Gasteiger partial charge is 0.221 e. The normalized spacial score (nSPS) is 10.7. The number of amides is 1. The van der Waals surface area contributed by atoms with E-state index in [9.17, 15) is 4.79 Å². The van der Waals surface area contributed by atoms with Crippen molar-refractivity contribution in [3.05, 3.63) is 59.1 Å². The second-order valence-corrected chi connectivity index (χ2v) is 7.24. The molecule has 1 amide bonds. The Labute approximate surface area is 152 Å². The number of rotatable bonds is 8. The summed E-state index contributed by atoms with van der Waals surface area (Å²) in [6.45, 7) is 4.53. The SMILES string of the molecule is CC(C)Oc1ccc(CNC(=O)CCSc2ccc(Cl)cc2)cc1. The summed E-state index contributed by atoms with van der Waals surface area (Å²) >= 11 is 7.50. The molecular weight excluding hydrogens is 342 g/mol. The molecule has 0 bridgehead atoms. The summed E-state index contributed by atoms with van der Waals surface area (Å²) < 4.78 is 5.60. The van der Waals surface area contributed by atoms with E-state index in [0.29, 0.717) is 13.0 Å². The van der Waals surface area contributed by atoms with Gasteiger partial charge in [0.15, 0.2) is 0 Å². The molecule has 0 aliphatic heterocycles. The lowest BCUT2D eigenvalue weighted by atomic mass is 10.2. The lowest BCUT2D eigenvalue weighted by molar-refractivity contribution is -0.120. The number of carbonyl (C=O) groups excluding carboxylic acids is 1. The minimum absolute atomic E-state index is 0.0546. The number of hydrogen-bond donors (Lipinski definition) is 1. The van der Waals surface area contributed by atoms with Crippen molar-refractivity contribution in [1.82, 2.24) is 5.32 Å². The minimum Gasteiger partial charge on any atom is -0.491 e. The van der Waals surface area contributed by atoms with Crippen LogP contribution in [0.3, 0.4) is 0 Å². The van der Waals surface area contributed by atoms with Gasteiger partial charge in [0.05, 0.1) is 6.10 Å². The quantitative estimate of drug-likeness (QED) is 0.676. The Balaban J connectivity index is 1.68. The molecule has 0 radical (unpaired) electrons. The highest BCUT2D eigenvalue weighted by atomic mass is 35.5. The number of thioether (sulfide) groups is 1. The van der Waals surface area contributed by atoms with Gasteiger partial charge in [0.1, 0.15) is 5.75 Å². The second-order valence-electron chi connectivity index (χ2n) is 5.64. The molecule has 3 nitrogen and oxygen atoms in total. The van der Waals surface area contributed by atoms with E-state index >= 15 is 0 Å². The number of nitrogens with one attached hydrogen (secondary N) is 1. The highest BCUT2D eigenvalue weighted by molar-refractivity contribution is 7.99. The molecular formula is C19H22ClNO2S. The third-order valence-electron chi connectivity index (χ3n) is 3.20. The number of hydrogen-bond acceptors (Lipinski definition) is 3. The van der Waals surface area contributed by atoms with Gasteiger partial charge in [-0.1, -0.05) is 23.7 Å². The van der Waals surface area contributed by atoms with Crippen LogP contribution in [-0.4, -0.2) is 17.8 Å². The zero-order valence-electron chi connectivity index (χ0n) is 13.9. The van der Waals surface area contributed by atoms with E-state index in [1.807, 2.05) is 62.4 Å². The van der Waals surface area contributed by atoms with Gasteiger partial charge in [0.2, 0.25) is 5.91 Å². The van der Waals surface area contributed by atoms with E-state index in [0.717, 1.165) is 27.0 Å². The van der Waals surface area contributed by atoms with Crippen molar-refractivity contribution in [3.63, 3.8) is 0 Å². The monoisotopic (exact) mass is 363 g/mol. The van der Waals surface area contributed by atoms with Gasteiger partial charge in [-0.15, -0.1) is 11.8 Å². The zero-order chi connectivity index (χ0) is 17.4. The first kappa shape index (κ1) is 18.7. The van der Waals surface area contributed by atoms with Crippen LogP contribution in [0.25, 0.3) is 0 Å². The molecule has 0 unspecified atom stereocenters. The summed E-state index contributed by atoms with van der Waals surface area (Å²) in [4.78, 5) is 13.0. The molecule has 2 aromatic carbocycles. The third-order valence-corrected chi connectivity index (χ3v) is 4.46. The van der Waals surface area contributed by atoms with E-state index in [2.05, 4.69) is 5.32 Å². The maximum Gasteiger partial charge on any atom is 0.221 e. The lowest BCUT2D eigenvalue weighted by Crippen LogP contribution is -2.22. The summed E-state index contributed by atoms with van der Waals surface area (Å²) in [7, 11) is 0. The molecule has 0 atom stereocenters. The first-order valence-corrected chi connectivity index (χ1v) is 9.30. The average Bonchev–Trinajstić information content (AvgIpc) is 2.55. The van der Waals surface area contributed by atoms with Crippen molar-refractivity contribution < 1.29 is 9.53 Å². The molecule has 0 heterocycles. The van der Waals surface area contributed by atoms with Gasteiger partial charge in [0.25, 0.3) is 0 Å². The first-order chi connectivity index (χ1) is 11.5. The number of ether oxygens (including phenoxy) is 1. The number of halogens is 1. The van der Waals surface area contributed by atoms with E-state index in [1.54, 1.807) is 11.8 Å². The maximum absolute atomic E-state index is 11.9. The van der Waals surface area contributed by atoms with Crippen LogP contribution < -0.4 is 10.1 Å². The van der Waals surface area contributed by atoms with Crippen LogP contribution in [0.1, 0.15) is 25.8 Å². The molecule has 5 heteroatoms. The highest BCUT2D eigenvalue weighted by Crippen LogP contribution is 2.21. The summed E-state index contributed by atoms with van der Waals surface area (Å²) in [6.07, 6.45) is 0.649. The van der Waals surface area contributed by atoms with Crippen LogP contribution in [0.5, 0.6) is 5.75 Å². The minimum atomic E-state index is 0.0546. The molecule has 0 aliphatic rings. The lowest BCUT2D eigenvalue weighted by Gasteiger charge is -2.10. The maximum atomic E-state index is 11.9. The van der Waals surface area contributed by atoms with Crippen LogP contribution in [0.4, 0.5) is 0 Å². The van der Waals surface area contributed by atoms with E-state index in [1.165, 1.54) is 0 Å². The fourth-order valence-electron chi connectivity index (χ4n) is 2.04. The number of benzene rings is 2. The van der Waals surface area contributed by atoms with Gasteiger partial charge in [-0.25, -0.2) is 0 Å². The van der Waals surface area contributed by atoms with Gasteiger partial charge < -0.3 is 10.1 Å². The molecule has 0 aromatic heterocycles. The molecule has 0 spiro atoms. The van der Waals surface area contributed by atoms with Crippen molar-refractivity contribution in [2.24, 2.45) is 0 Å². The predicted octanol–water partition coefficient (Wildman–Crippen LogP) is 4.93. The van der Waals surface area contributed by atoms with Gasteiger partial charge in [0, 0.05) is 28.6 Å². The molecule has 24 heavy (non-hydrogen) atoms. The Bertz CT molecular complexity index is 641. The van der Waals surface area contributed by atoms with Crippen LogP contribution >= 0.6 is 23.4 Å². The fourth-order valence-corrected chi connectivity index (χ4v) is 3.02. The molecule has 0 saturated carbocycles. The molecule has 128 valence electrons.